The SMILES string of the molecule is CCc1c(C(=O)Nc2ccccc2O)cnn1-c1ccccn1. The van der Waals surface area contributed by atoms with E-state index in [4.69, 9.17) is 0 Å². The number of anilines is 1. The zero-order chi connectivity index (χ0) is 16.2. The first-order chi connectivity index (χ1) is 11.2. The summed E-state index contributed by atoms with van der Waals surface area (Å²) in [5, 5.41) is 16.7. The Hall–Kier alpha value is -3.15. The van der Waals surface area contributed by atoms with Gasteiger partial charge in [0.1, 0.15) is 5.75 Å². The predicted octanol–water partition coefficient (Wildman–Crippen LogP) is 2.79. The van der Waals surface area contributed by atoms with Gasteiger partial charge in [0.2, 0.25) is 0 Å². The molecule has 0 saturated heterocycles. The summed E-state index contributed by atoms with van der Waals surface area (Å²) < 4.78 is 1.65. The second-order valence-corrected chi connectivity index (χ2v) is 4.93. The van der Waals surface area contributed by atoms with Crippen molar-refractivity contribution in [2.75, 3.05) is 5.32 Å². The first kappa shape index (κ1) is 14.8. The van der Waals surface area contributed by atoms with Crippen LogP contribution in [0.4, 0.5) is 5.69 Å². The van der Waals surface area contributed by atoms with Gasteiger partial charge < -0.3 is 10.4 Å². The quantitative estimate of drug-likeness (QED) is 0.726. The van der Waals surface area contributed by atoms with Gasteiger partial charge in [0, 0.05) is 6.20 Å². The molecule has 0 radical (unpaired) electrons. The number of hydrogen-bond acceptors (Lipinski definition) is 4. The number of phenolic OH excluding ortho intramolecular Hbond substituents is 1. The summed E-state index contributed by atoms with van der Waals surface area (Å²) in [4.78, 5) is 16.8. The highest BCUT2D eigenvalue weighted by Crippen LogP contribution is 2.23. The number of aromatic nitrogens is 3. The minimum atomic E-state index is -0.314. The van der Waals surface area contributed by atoms with Gasteiger partial charge in [0.15, 0.2) is 5.82 Å². The third kappa shape index (κ3) is 2.91. The average molecular weight is 308 g/mol. The summed E-state index contributed by atoms with van der Waals surface area (Å²) in [5.41, 5.74) is 1.59. The van der Waals surface area contributed by atoms with E-state index in [1.54, 1.807) is 29.1 Å². The summed E-state index contributed by atoms with van der Waals surface area (Å²) >= 11 is 0. The largest absolute Gasteiger partial charge is 0.506 e. The zero-order valence-electron chi connectivity index (χ0n) is 12.6. The molecule has 0 spiro atoms. The van der Waals surface area contributed by atoms with Crippen LogP contribution in [0.2, 0.25) is 0 Å². The van der Waals surface area contributed by atoms with Crippen LogP contribution in [0.3, 0.4) is 0 Å². The third-order valence-corrected chi connectivity index (χ3v) is 3.47. The van der Waals surface area contributed by atoms with Gasteiger partial charge in [-0.25, -0.2) is 9.67 Å². The van der Waals surface area contributed by atoms with E-state index in [9.17, 15) is 9.90 Å². The molecule has 0 aliphatic rings. The van der Waals surface area contributed by atoms with Gasteiger partial charge in [0.25, 0.3) is 5.91 Å². The lowest BCUT2D eigenvalue weighted by Gasteiger charge is -2.08. The maximum Gasteiger partial charge on any atom is 0.259 e. The van der Waals surface area contributed by atoms with Crippen molar-refractivity contribution in [3.05, 3.63) is 66.1 Å². The van der Waals surface area contributed by atoms with Crippen LogP contribution in [0.5, 0.6) is 5.75 Å². The topological polar surface area (TPSA) is 80.0 Å². The number of pyridine rings is 1. The second-order valence-electron chi connectivity index (χ2n) is 4.93. The van der Waals surface area contributed by atoms with Crippen LogP contribution in [-0.2, 0) is 6.42 Å². The molecule has 2 N–H and O–H groups in total. The molecule has 116 valence electrons. The van der Waals surface area contributed by atoms with Gasteiger partial charge in [-0.1, -0.05) is 25.1 Å². The summed E-state index contributed by atoms with van der Waals surface area (Å²) in [7, 11) is 0. The smallest absolute Gasteiger partial charge is 0.259 e. The summed E-state index contributed by atoms with van der Waals surface area (Å²) in [6, 6.07) is 12.1. The Morgan fingerprint density at radius 3 is 2.70 bits per heavy atom. The Bertz CT molecular complexity index is 828. The molecule has 0 aliphatic carbocycles. The summed E-state index contributed by atoms with van der Waals surface area (Å²) in [6.07, 6.45) is 3.82. The third-order valence-electron chi connectivity index (χ3n) is 3.47. The Labute approximate surface area is 133 Å². The molecule has 3 rings (SSSR count). The Kier molecular flexibility index (Phi) is 4.05. The maximum atomic E-state index is 12.5. The molecule has 3 aromatic rings. The van der Waals surface area contributed by atoms with E-state index < -0.39 is 0 Å². The van der Waals surface area contributed by atoms with Gasteiger partial charge in [-0.2, -0.15) is 5.10 Å². The van der Waals surface area contributed by atoms with Crippen LogP contribution in [0.25, 0.3) is 5.82 Å². The van der Waals surface area contributed by atoms with Crippen molar-refractivity contribution < 1.29 is 9.90 Å². The molecule has 0 bridgehead atoms. The van der Waals surface area contributed by atoms with Crippen LogP contribution < -0.4 is 5.32 Å². The number of aromatic hydroxyl groups is 1. The van der Waals surface area contributed by atoms with Gasteiger partial charge in [-0.15, -0.1) is 0 Å². The fourth-order valence-electron chi connectivity index (χ4n) is 2.35. The van der Waals surface area contributed by atoms with Crippen LogP contribution in [-0.4, -0.2) is 25.8 Å². The molecular formula is C17H16N4O2. The van der Waals surface area contributed by atoms with E-state index in [1.807, 2.05) is 25.1 Å². The van der Waals surface area contributed by atoms with Gasteiger partial charge in [0.05, 0.1) is 23.1 Å². The normalized spacial score (nSPS) is 10.5. The summed E-state index contributed by atoms with van der Waals surface area (Å²) in [6.45, 7) is 1.95. The number of amides is 1. The van der Waals surface area contributed by atoms with Crippen molar-refractivity contribution in [1.29, 1.82) is 0 Å². The predicted molar refractivity (Wildman–Crippen MR) is 86.8 cm³/mol. The minimum Gasteiger partial charge on any atom is -0.506 e. The van der Waals surface area contributed by atoms with Gasteiger partial charge in [-0.05, 0) is 30.7 Å². The highest BCUT2D eigenvalue weighted by atomic mass is 16.3. The van der Waals surface area contributed by atoms with Crippen LogP contribution in [0.15, 0.2) is 54.9 Å². The van der Waals surface area contributed by atoms with Crippen molar-refractivity contribution in [3.63, 3.8) is 0 Å². The molecule has 0 fully saturated rings. The molecule has 1 amide bonds. The van der Waals surface area contributed by atoms with Gasteiger partial charge in [-0.3, -0.25) is 4.79 Å². The molecule has 0 aliphatic heterocycles. The fraction of sp³-hybridized carbons (Fsp3) is 0.118. The van der Waals surface area contributed by atoms with Crippen molar-refractivity contribution >= 4 is 11.6 Å². The number of nitrogens with one attached hydrogen (secondary N) is 1. The Balaban J connectivity index is 1.93. The Morgan fingerprint density at radius 2 is 2.00 bits per heavy atom. The van der Waals surface area contributed by atoms with Gasteiger partial charge >= 0.3 is 0 Å². The lowest BCUT2D eigenvalue weighted by atomic mass is 10.2. The monoisotopic (exact) mass is 308 g/mol. The lowest BCUT2D eigenvalue weighted by molar-refractivity contribution is 0.102. The van der Waals surface area contributed by atoms with Crippen molar-refractivity contribution in [2.24, 2.45) is 0 Å². The van der Waals surface area contributed by atoms with E-state index in [0.717, 1.165) is 5.69 Å². The highest BCUT2D eigenvalue weighted by Gasteiger charge is 2.18. The highest BCUT2D eigenvalue weighted by molar-refractivity contribution is 6.05. The lowest BCUT2D eigenvalue weighted by Crippen LogP contribution is -2.14. The van der Waals surface area contributed by atoms with Crippen LogP contribution >= 0.6 is 0 Å². The van der Waals surface area contributed by atoms with E-state index in [2.05, 4.69) is 15.4 Å². The zero-order valence-corrected chi connectivity index (χ0v) is 12.6. The van der Waals surface area contributed by atoms with Crippen molar-refractivity contribution in [1.82, 2.24) is 14.8 Å². The second kappa shape index (κ2) is 6.31. The van der Waals surface area contributed by atoms with E-state index >= 15 is 0 Å². The van der Waals surface area contributed by atoms with Crippen molar-refractivity contribution in [2.45, 2.75) is 13.3 Å². The first-order valence-electron chi connectivity index (χ1n) is 7.28. The molecule has 0 atom stereocenters. The molecule has 6 heteroatoms. The fourth-order valence-corrected chi connectivity index (χ4v) is 2.35. The standard InChI is InChI=1S/C17H16N4O2/c1-2-14-12(11-19-21(14)16-9-5-6-10-18-16)17(23)20-13-7-3-4-8-15(13)22/h3-11,22H,2H2,1H3,(H,20,23). The average Bonchev–Trinajstić information content (AvgIpc) is 3.02. The molecule has 2 heterocycles. The molecule has 6 nitrogen and oxygen atoms in total. The Morgan fingerprint density at radius 1 is 1.22 bits per heavy atom. The van der Waals surface area contributed by atoms with Crippen molar-refractivity contribution in [3.8, 4) is 11.6 Å². The number of carbonyl (C=O) groups is 1. The molecule has 0 unspecified atom stereocenters. The molecule has 1 aromatic carbocycles. The molecule has 2 aromatic heterocycles. The number of hydrogen-bond donors (Lipinski definition) is 2. The number of benzene rings is 1. The number of nitrogens with zero attached hydrogens (tertiary/aromatic N) is 3. The van der Waals surface area contributed by atoms with E-state index in [1.165, 1.54) is 12.3 Å². The van der Waals surface area contributed by atoms with Crippen LogP contribution in [0.1, 0.15) is 23.0 Å². The maximum absolute atomic E-state index is 12.5. The molecule has 23 heavy (non-hydrogen) atoms. The number of rotatable bonds is 4. The first-order valence-corrected chi connectivity index (χ1v) is 7.28. The summed E-state index contributed by atoms with van der Waals surface area (Å²) in [5.74, 6) is 0.368. The number of carbonyl (C=O) groups excluding carboxylic acids is 1. The minimum absolute atomic E-state index is 0.0241. The van der Waals surface area contributed by atoms with E-state index in [0.29, 0.717) is 23.5 Å². The molecular weight excluding hydrogens is 292 g/mol. The van der Waals surface area contributed by atoms with E-state index in [-0.39, 0.29) is 11.7 Å². The molecule has 0 saturated carbocycles. The number of phenols is 1. The van der Waals surface area contributed by atoms with Crippen LogP contribution in [0, 0.1) is 0 Å². The number of para-hydroxylation sites is 2.